The van der Waals surface area contributed by atoms with Crippen molar-refractivity contribution in [1.29, 1.82) is 0 Å². The first kappa shape index (κ1) is 28.2. The molecule has 1 aliphatic heterocycles. The summed E-state index contributed by atoms with van der Waals surface area (Å²) in [5, 5.41) is 10.5. The Bertz CT molecular complexity index is 987. The van der Waals surface area contributed by atoms with Crippen LogP contribution in [-0.2, 0) is 24.1 Å². The molecule has 0 aromatic carbocycles. The second-order valence-corrected chi connectivity index (χ2v) is 13.1. The molecule has 0 spiro atoms. The third kappa shape index (κ3) is 6.11. The van der Waals surface area contributed by atoms with Crippen molar-refractivity contribution in [3.63, 3.8) is 0 Å². The lowest BCUT2D eigenvalue weighted by Gasteiger charge is -2.40. The van der Waals surface area contributed by atoms with Crippen LogP contribution in [0, 0.1) is 22.0 Å². The molecule has 0 radical (unpaired) electrons. The molecule has 1 heterocycles. The average Bonchev–Trinajstić information content (AvgIpc) is 3.09. The van der Waals surface area contributed by atoms with Crippen LogP contribution in [0.1, 0.15) is 84.0 Å². The molecular weight excluding hydrogens is 496 g/mol. The Morgan fingerprint density at radius 2 is 1.78 bits per heavy atom. The van der Waals surface area contributed by atoms with Crippen molar-refractivity contribution < 1.29 is 27.6 Å². The lowest BCUT2D eigenvalue weighted by Crippen LogP contribution is -2.50. The highest BCUT2D eigenvalue weighted by Crippen LogP contribution is 2.43. The van der Waals surface area contributed by atoms with E-state index in [1.807, 2.05) is 13.0 Å². The van der Waals surface area contributed by atoms with Crippen molar-refractivity contribution in [2.75, 3.05) is 13.7 Å². The van der Waals surface area contributed by atoms with Crippen LogP contribution in [0.3, 0.4) is 0 Å². The maximum absolute atomic E-state index is 13.9. The molecule has 10 heteroatoms. The van der Waals surface area contributed by atoms with Gasteiger partial charge in [-0.25, -0.2) is 8.42 Å². The number of hydrogen-bond acceptors (Lipinski definition) is 7. The molecule has 1 amide bonds. The fraction of sp³-hybridized carbons (Fsp3) is 0.815. The quantitative estimate of drug-likeness (QED) is 0.255. The normalized spacial score (nSPS) is 37.9. The molecule has 4 fully saturated rings. The van der Waals surface area contributed by atoms with Crippen molar-refractivity contribution in [3.8, 4) is 0 Å². The van der Waals surface area contributed by atoms with E-state index < -0.39 is 33.1 Å². The first-order valence-electron chi connectivity index (χ1n) is 14.0. The number of sulfone groups is 1. The fourth-order valence-electron chi connectivity index (χ4n) is 6.97. The molecule has 0 N–H and O–H groups in total. The van der Waals surface area contributed by atoms with Crippen molar-refractivity contribution in [2.45, 2.75) is 114 Å². The fourth-order valence-corrected chi connectivity index (χ4v) is 9.16. The molecule has 3 saturated carbocycles. The van der Waals surface area contributed by atoms with E-state index >= 15 is 0 Å². The van der Waals surface area contributed by atoms with E-state index in [2.05, 4.69) is 0 Å². The van der Waals surface area contributed by atoms with Crippen molar-refractivity contribution >= 4 is 15.7 Å². The second kappa shape index (κ2) is 12.4. The highest BCUT2D eigenvalue weighted by molar-refractivity contribution is 7.97. The van der Waals surface area contributed by atoms with Crippen LogP contribution in [-0.4, -0.2) is 67.5 Å². The molecule has 0 aromatic rings. The zero-order valence-corrected chi connectivity index (χ0v) is 22.9. The van der Waals surface area contributed by atoms with Gasteiger partial charge in [0.1, 0.15) is 10.3 Å². The molecule has 1 saturated heterocycles. The third-order valence-electron chi connectivity index (χ3n) is 8.83. The number of nitrogens with zero attached hydrogens (tertiary/aromatic N) is 2. The summed E-state index contributed by atoms with van der Waals surface area (Å²) < 4.78 is 39.2. The van der Waals surface area contributed by atoms with Gasteiger partial charge in [-0.1, -0.05) is 25.0 Å². The number of ether oxygens (including phenoxy) is 2. The summed E-state index contributed by atoms with van der Waals surface area (Å²) in [4.78, 5) is 26.4. The zero-order valence-electron chi connectivity index (χ0n) is 22.1. The van der Waals surface area contributed by atoms with Crippen LogP contribution in [0.2, 0.25) is 0 Å². The summed E-state index contributed by atoms with van der Waals surface area (Å²) in [6.45, 7) is 2.59. The first-order chi connectivity index (χ1) is 17.8. The predicted molar refractivity (Wildman–Crippen MR) is 140 cm³/mol. The van der Waals surface area contributed by atoms with E-state index in [4.69, 9.17) is 9.47 Å². The third-order valence-corrected chi connectivity index (χ3v) is 11.0. The van der Waals surface area contributed by atoms with Crippen LogP contribution in [0.4, 0.5) is 0 Å². The SMILES string of the molecule is CCOC1CCC(N2C(=O)/C(=C/C=C/C3CCCCC3OC)S(=O)(=O)C2C2CCCC([N+](=O)[O-])C2)CC1. The number of nitro groups is 1. The summed E-state index contributed by atoms with van der Waals surface area (Å²) in [7, 11) is -2.27. The lowest BCUT2D eigenvalue weighted by atomic mass is 9.84. The minimum atomic E-state index is -3.97. The molecule has 4 rings (SSSR count). The Labute approximate surface area is 220 Å². The first-order valence-corrected chi connectivity index (χ1v) is 15.6. The van der Waals surface area contributed by atoms with Crippen molar-refractivity contribution in [1.82, 2.24) is 4.90 Å². The Morgan fingerprint density at radius 3 is 2.46 bits per heavy atom. The molecule has 9 nitrogen and oxygen atoms in total. The van der Waals surface area contributed by atoms with Gasteiger partial charge in [0.25, 0.3) is 5.91 Å². The van der Waals surface area contributed by atoms with Gasteiger partial charge < -0.3 is 14.4 Å². The zero-order chi connectivity index (χ0) is 26.6. The maximum Gasteiger partial charge on any atom is 0.266 e. The standard InChI is InChI=1S/C27H42N2O7S/c1-3-36-23-16-14-21(15-17-23)28-26(30)25(13-7-9-19-8-4-5-12-24(19)35-2)37(33,34)27(28)20-10-6-11-22(18-20)29(31)32/h7,9,13,19-24,27H,3-6,8,10-12,14-18H2,1-2H3/b9-7+,25-13-. The van der Waals surface area contributed by atoms with Crippen LogP contribution in [0.15, 0.2) is 23.1 Å². The highest BCUT2D eigenvalue weighted by atomic mass is 32.2. The summed E-state index contributed by atoms with van der Waals surface area (Å²) in [6, 6.07) is -0.962. The van der Waals surface area contributed by atoms with E-state index in [9.17, 15) is 23.3 Å². The number of amides is 1. The molecule has 0 bridgehead atoms. The number of allylic oxidation sites excluding steroid dienone is 2. The molecule has 37 heavy (non-hydrogen) atoms. The van der Waals surface area contributed by atoms with Gasteiger partial charge in [0, 0.05) is 49.4 Å². The minimum Gasteiger partial charge on any atom is -0.381 e. The number of carbonyl (C=O) groups is 1. The van der Waals surface area contributed by atoms with Crippen LogP contribution in [0.25, 0.3) is 0 Å². The van der Waals surface area contributed by atoms with Gasteiger partial charge in [-0.15, -0.1) is 0 Å². The highest BCUT2D eigenvalue weighted by Gasteiger charge is 2.55. The largest absolute Gasteiger partial charge is 0.381 e. The van der Waals surface area contributed by atoms with Crippen LogP contribution in [0.5, 0.6) is 0 Å². The topological polar surface area (TPSA) is 116 Å². The molecule has 5 atom stereocenters. The van der Waals surface area contributed by atoms with Crippen LogP contribution >= 0.6 is 0 Å². The van der Waals surface area contributed by atoms with Crippen LogP contribution < -0.4 is 0 Å². The number of rotatable bonds is 8. The summed E-state index contributed by atoms with van der Waals surface area (Å²) in [5.74, 6) is -0.701. The van der Waals surface area contributed by atoms with E-state index in [-0.39, 0.29) is 40.4 Å². The second-order valence-electron chi connectivity index (χ2n) is 11.0. The Hall–Kier alpha value is -1.78. The molecule has 4 aliphatic rings. The predicted octanol–water partition coefficient (Wildman–Crippen LogP) is 4.40. The smallest absolute Gasteiger partial charge is 0.266 e. The van der Waals surface area contributed by atoms with Gasteiger partial charge >= 0.3 is 0 Å². The average molecular weight is 539 g/mol. The molecule has 208 valence electrons. The summed E-state index contributed by atoms with van der Waals surface area (Å²) in [5.41, 5.74) is 0. The summed E-state index contributed by atoms with van der Waals surface area (Å²) >= 11 is 0. The molecular formula is C27H42N2O7S. The Balaban J connectivity index is 1.62. The van der Waals surface area contributed by atoms with Gasteiger partial charge in [-0.05, 0) is 64.4 Å². The van der Waals surface area contributed by atoms with Gasteiger partial charge in [0.15, 0.2) is 0 Å². The van der Waals surface area contributed by atoms with E-state index in [1.54, 1.807) is 18.1 Å². The number of methoxy groups -OCH3 is 1. The van der Waals surface area contributed by atoms with Gasteiger partial charge in [0.2, 0.25) is 15.9 Å². The number of carbonyl (C=O) groups excluding carboxylic acids is 1. The van der Waals surface area contributed by atoms with Gasteiger partial charge in [-0.3, -0.25) is 14.9 Å². The van der Waals surface area contributed by atoms with Crippen molar-refractivity contribution in [2.24, 2.45) is 11.8 Å². The van der Waals surface area contributed by atoms with Gasteiger partial charge in [0.05, 0.1) is 12.2 Å². The maximum atomic E-state index is 13.9. The molecule has 0 aromatic heterocycles. The van der Waals surface area contributed by atoms with E-state index in [0.29, 0.717) is 38.7 Å². The van der Waals surface area contributed by atoms with E-state index in [1.165, 1.54) is 6.08 Å². The lowest BCUT2D eigenvalue weighted by molar-refractivity contribution is -0.528. The minimum absolute atomic E-state index is 0.102. The Morgan fingerprint density at radius 1 is 1.05 bits per heavy atom. The molecule has 3 aliphatic carbocycles. The monoisotopic (exact) mass is 538 g/mol. The number of hydrogen-bond donors (Lipinski definition) is 0. The Kier molecular flexibility index (Phi) is 9.45. The van der Waals surface area contributed by atoms with E-state index in [0.717, 1.165) is 38.5 Å². The van der Waals surface area contributed by atoms with Crippen molar-refractivity contribution in [3.05, 3.63) is 33.2 Å². The van der Waals surface area contributed by atoms with Gasteiger partial charge in [-0.2, -0.15) is 0 Å². The summed E-state index contributed by atoms with van der Waals surface area (Å²) in [6.07, 6.45) is 14.3. The molecule has 5 unspecified atom stereocenters.